The average Bonchev–Trinajstić information content (AvgIpc) is 2.73. The second-order valence-corrected chi connectivity index (χ2v) is 7.35. The van der Waals surface area contributed by atoms with Gasteiger partial charge in [-0.05, 0) is 56.3 Å². The highest BCUT2D eigenvalue weighted by atomic mass is 16.4. The van der Waals surface area contributed by atoms with Crippen LogP contribution in [-0.4, -0.2) is 34.0 Å². The van der Waals surface area contributed by atoms with Gasteiger partial charge in [-0.3, -0.25) is 9.59 Å². The molecule has 2 bridgehead atoms. The number of carboxylic acid groups (broad SMARTS) is 1. The Kier molecular flexibility index (Phi) is 2.83. The topological polar surface area (TPSA) is 57.6 Å². The van der Waals surface area contributed by atoms with E-state index in [0.29, 0.717) is 35.7 Å². The van der Waals surface area contributed by atoms with Crippen molar-refractivity contribution in [2.75, 3.05) is 0 Å². The molecule has 0 aromatic rings. The second kappa shape index (κ2) is 4.47. The average molecular weight is 277 g/mol. The Morgan fingerprint density at radius 1 is 1.00 bits per heavy atom. The van der Waals surface area contributed by atoms with Crippen LogP contribution in [0.25, 0.3) is 0 Å². The van der Waals surface area contributed by atoms with Gasteiger partial charge in [0.1, 0.15) is 0 Å². The maximum absolute atomic E-state index is 12.8. The van der Waals surface area contributed by atoms with E-state index in [4.69, 9.17) is 5.11 Å². The lowest BCUT2D eigenvalue weighted by Crippen LogP contribution is -2.48. The van der Waals surface area contributed by atoms with Gasteiger partial charge >= 0.3 is 5.97 Å². The molecule has 2 saturated carbocycles. The fourth-order valence-electron chi connectivity index (χ4n) is 5.42. The van der Waals surface area contributed by atoms with Crippen molar-refractivity contribution in [1.29, 1.82) is 0 Å². The number of amides is 1. The molecule has 2 aliphatic heterocycles. The van der Waals surface area contributed by atoms with Gasteiger partial charge in [0.05, 0.1) is 0 Å². The van der Waals surface area contributed by atoms with Crippen LogP contribution in [-0.2, 0) is 9.59 Å². The highest BCUT2D eigenvalue weighted by molar-refractivity contribution is 5.83. The predicted molar refractivity (Wildman–Crippen MR) is 73.0 cm³/mol. The molecular formula is C16H23NO3. The summed E-state index contributed by atoms with van der Waals surface area (Å²) in [5.74, 6) is 1.74. The molecular weight excluding hydrogens is 254 g/mol. The molecule has 4 unspecified atom stereocenters. The zero-order valence-corrected chi connectivity index (χ0v) is 11.8. The molecule has 4 nitrogen and oxygen atoms in total. The lowest BCUT2D eigenvalue weighted by Gasteiger charge is -2.39. The highest BCUT2D eigenvalue weighted by Crippen LogP contribution is 2.59. The first-order valence-electron chi connectivity index (χ1n) is 8.19. The molecule has 4 aliphatic rings. The number of hydrogen-bond donors (Lipinski definition) is 1. The third-order valence-electron chi connectivity index (χ3n) is 6.24. The van der Waals surface area contributed by atoms with Gasteiger partial charge in [-0.15, -0.1) is 0 Å². The van der Waals surface area contributed by atoms with E-state index in [9.17, 15) is 9.59 Å². The molecule has 2 heterocycles. The standard InChI is InChI=1S/C16H23NO3/c18-14(19)8-9-6-10-4-5-11(7-9)17(10)16(20)15-12-2-1-3-13(12)15/h9-13,15H,1-8H2,(H,18,19). The molecule has 1 amide bonds. The van der Waals surface area contributed by atoms with Crippen LogP contribution in [0.1, 0.15) is 51.4 Å². The fourth-order valence-corrected chi connectivity index (χ4v) is 5.42. The lowest BCUT2D eigenvalue weighted by molar-refractivity contribution is -0.141. The van der Waals surface area contributed by atoms with Crippen molar-refractivity contribution < 1.29 is 14.7 Å². The van der Waals surface area contributed by atoms with Crippen molar-refractivity contribution in [3.05, 3.63) is 0 Å². The summed E-state index contributed by atoms with van der Waals surface area (Å²) < 4.78 is 0. The first kappa shape index (κ1) is 12.7. The summed E-state index contributed by atoms with van der Waals surface area (Å²) in [7, 11) is 0. The number of carboxylic acids is 1. The first-order valence-corrected chi connectivity index (χ1v) is 8.19. The zero-order valence-electron chi connectivity index (χ0n) is 11.8. The zero-order chi connectivity index (χ0) is 13.9. The largest absolute Gasteiger partial charge is 0.481 e. The van der Waals surface area contributed by atoms with Gasteiger partial charge < -0.3 is 10.0 Å². The van der Waals surface area contributed by atoms with Gasteiger partial charge in [0.2, 0.25) is 5.91 Å². The molecule has 2 saturated heterocycles. The van der Waals surface area contributed by atoms with E-state index >= 15 is 0 Å². The molecule has 0 spiro atoms. The van der Waals surface area contributed by atoms with Crippen molar-refractivity contribution in [2.24, 2.45) is 23.7 Å². The van der Waals surface area contributed by atoms with E-state index in [-0.39, 0.29) is 12.3 Å². The van der Waals surface area contributed by atoms with E-state index < -0.39 is 5.97 Å². The Labute approximate surface area is 119 Å². The molecule has 0 aromatic heterocycles. The molecule has 4 atom stereocenters. The third-order valence-corrected chi connectivity index (χ3v) is 6.24. The molecule has 4 heteroatoms. The van der Waals surface area contributed by atoms with Gasteiger partial charge in [-0.1, -0.05) is 6.42 Å². The third kappa shape index (κ3) is 1.87. The summed E-state index contributed by atoms with van der Waals surface area (Å²) in [6, 6.07) is 0.679. The number of rotatable bonds is 3. The van der Waals surface area contributed by atoms with Crippen molar-refractivity contribution in [2.45, 2.75) is 63.5 Å². The van der Waals surface area contributed by atoms with Crippen LogP contribution in [0.4, 0.5) is 0 Å². The van der Waals surface area contributed by atoms with Gasteiger partial charge in [0, 0.05) is 24.4 Å². The monoisotopic (exact) mass is 277 g/mol. The fraction of sp³-hybridized carbons (Fsp3) is 0.875. The smallest absolute Gasteiger partial charge is 0.303 e. The number of fused-ring (bicyclic) bond motifs is 3. The Balaban J connectivity index is 1.43. The van der Waals surface area contributed by atoms with Crippen LogP contribution >= 0.6 is 0 Å². The predicted octanol–water partition coefficient (Wildman–Crippen LogP) is 2.28. The van der Waals surface area contributed by atoms with Crippen LogP contribution in [0.2, 0.25) is 0 Å². The number of carbonyl (C=O) groups is 2. The van der Waals surface area contributed by atoms with Crippen LogP contribution < -0.4 is 0 Å². The van der Waals surface area contributed by atoms with E-state index in [0.717, 1.165) is 25.7 Å². The summed E-state index contributed by atoms with van der Waals surface area (Å²) in [4.78, 5) is 25.8. The normalized spacial score (nSPS) is 45.3. The van der Waals surface area contributed by atoms with Crippen LogP contribution in [0.5, 0.6) is 0 Å². The van der Waals surface area contributed by atoms with E-state index in [1.807, 2.05) is 0 Å². The summed E-state index contributed by atoms with van der Waals surface area (Å²) in [5, 5.41) is 8.96. The van der Waals surface area contributed by atoms with E-state index in [1.165, 1.54) is 19.3 Å². The minimum Gasteiger partial charge on any atom is -0.481 e. The van der Waals surface area contributed by atoms with Crippen molar-refractivity contribution in [3.8, 4) is 0 Å². The Morgan fingerprint density at radius 3 is 2.15 bits per heavy atom. The molecule has 0 radical (unpaired) electrons. The molecule has 110 valence electrons. The maximum Gasteiger partial charge on any atom is 0.303 e. The van der Waals surface area contributed by atoms with Gasteiger partial charge in [-0.2, -0.15) is 0 Å². The Morgan fingerprint density at radius 2 is 1.60 bits per heavy atom. The Hall–Kier alpha value is -1.06. The highest BCUT2D eigenvalue weighted by Gasteiger charge is 2.59. The van der Waals surface area contributed by atoms with Gasteiger partial charge in [0.15, 0.2) is 0 Å². The SMILES string of the molecule is O=C(O)CC1CC2CCC(C1)N2C(=O)C1C2CCCC21. The van der Waals surface area contributed by atoms with Crippen LogP contribution in [0.15, 0.2) is 0 Å². The number of aliphatic carboxylic acids is 1. The van der Waals surface area contributed by atoms with E-state index in [2.05, 4.69) is 4.90 Å². The minimum absolute atomic E-state index is 0.281. The molecule has 4 fully saturated rings. The van der Waals surface area contributed by atoms with Crippen molar-refractivity contribution >= 4 is 11.9 Å². The number of piperidine rings is 1. The minimum atomic E-state index is -0.689. The van der Waals surface area contributed by atoms with E-state index in [1.54, 1.807) is 0 Å². The maximum atomic E-state index is 12.8. The second-order valence-electron chi connectivity index (χ2n) is 7.35. The first-order chi connectivity index (χ1) is 9.65. The molecule has 0 aromatic carbocycles. The molecule has 2 aliphatic carbocycles. The number of nitrogens with zero attached hydrogens (tertiary/aromatic N) is 1. The lowest BCUT2D eigenvalue weighted by atomic mass is 9.87. The van der Waals surface area contributed by atoms with Crippen LogP contribution in [0, 0.1) is 23.7 Å². The van der Waals surface area contributed by atoms with Gasteiger partial charge in [-0.25, -0.2) is 0 Å². The molecule has 1 N–H and O–H groups in total. The van der Waals surface area contributed by atoms with Crippen LogP contribution in [0.3, 0.4) is 0 Å². The summed E-state index contributed by atoms with van der Waals surface area (Å²) in [6.07, 6.45) is 8.12. The molecule has 20 heavy (non-hydrogen) atoms. The number of carbonyl (C=O) groups excluding carboxylic acids is 1. The summed E-state index contributed by atoms with van der Waals surface area (Å²) in [5.41, 5.74) is 0. The summed E-state index contributed by atoms with van der Waals surface area (Å²) in [6.45, 7) is 0. The summed E-state index contributed by atoms with van der Waals surface area (Å²) >= 11 is 0. The van der Waals surface area contributed by atoms with Crippen molar-refractivity contribution in [3.63, 3.8) is 0 Å². The van der Waals surface area contributed by atoms with Gasteiger partial charge in [0.25, 0.3) is 0 Å². The Bertz CT molecular complexity index is 425. The number of hydrogen-bond acceptors (Lipinski definition) is 2. The van der Waals surface area contributed by atoms with Crippen molar-refractivity contribution in [1.82, 2.24) is 4.90 Å². The molecule has 4 rings (SSSR count). The quantitative estimate of drug-likeness (QED) is 0.861.